The number of halogens is 1. The summed E-state index contributed by atoms with van der Waals surface area (Å²) in [5.74, 6) is 0. The maximum Gasteiger partial charge on any atom is 0.166 e. The van der Waals surface area contributed by atoms with Crippen LogP contribution < -0.4 is 5.32 Å². The zero-order chi connectivity index (χ0) is 18.4. The van der Waals surface area contributed by atoms with Crippen LogP contribution in [0, 0.1) is 0 Å². The van der Waals surface area contributed by atoms with Crippen molar-refractivity contribution in [3.05, 3.63) is 58.9 Å². The molecule has 1 N–H and O–H groups in total. The van der Waals surface area contributed by atoms with Gasteiger partial charge >= 0.3 is 0 Å². The summed E-state index contributed by atoms with van der Waals surface area (Å²) in [4.78, 5) is 12.7. The average molecular weight is 351 g/mol. The van der Waals surface area contributed by atoms with Crippen LogP contribution in [0.5, 0.6) is 0 Å². The van der Waals surface area contributed by atoms with Gasteiger partial charge < -0.3 is 10.2 Å². The predicted octanol–water partition coefficient (Wildman–Crippen LogP) is 4.83. The van der Waals surface area contributed by atoms with E-state index in [0.29, 0.717) is 0 Å². The number of allylic oxidation sites excluding steroid dienone is 2. The Kier molecular flexibility index (Phi) is 12.9. The summed E-state index contributed by atoms with van der Waals surface area (Å²) in [5, 5.41) is 4.08. The van der Waals surface area contributed by atoms with E-state index in [9.17, 15) is 4.79 Å². The second-order valence-corrected chi connectivity index (χ2v) is 5.40. The van der Waals surface area contributed by atoms with Crippen LogP contribution in [-0.2, 0) is 11.2 Å². The van der Waals surface area contributed by atoms with Crippen LogP contribution in [0.25, 0.3) is 0 Å². The Morgan fingerprint density at radius 2 is 2.00 bits per heavy atom. The van der Waals surface area contributed by atoms with Gasteiger partial charge in [0.1, 0.15) is 0 Å². The number of hydrogen-bond acceptors (Lipinski definition) is 3. The summed E-state index contributed by atoms with van der Waals surface area (Å²) in [6, 6.07) is 7.91. The molecular weight excluding hydrogens is 320 g/mol. The molecule has 2 rings (SSSR count). The van der Waals surface area contributed by atoms with Gasteiger partial charge in [0.2, 0.25) is 0 Å². The second-order valence-electron chi connectivity index (χ2n) is 4.99. The number of rotatable bonds is 4. The molecule has 0 spiro atoms. The molecule has 0 radical (unpaired) electrons. The summed E-state index contributed by atoms with van der Waals surface area (Å²) < 4.78 is 0. The van der Waals surface area contributed by atoms with Gasteiger partial charge in [-0.3, -0.25) is 4.79 Å². The predicted molar refractivity (Wildman–Crippen MR) is 105 cm³/mol. The Labute approximate surface area is 152 Å². The first-order valence-electron chi connectivity index (χ1n) is 8.68. The molecule has 0 saturated carbocycles. The van der Waals surface area contributed by atoms with Crippen molar-refractivity contribution in [1.29, 1.82) is 0 Å². The summed E-state index contributed by atoms with van der Waals surface area (Å²) in [7, 11) is 0. The van der Waals surface area contributed by atoms with Gasteiger partial charge in [-0.2, -0.15) is 0 Å². The SMILES string of the molecule is C=C1CNCCN1/C(C=O)=C\CC.CC.CCc1ccccc1Cl. The molecule has 1 fully saturated rings. The highest BCUT2D eigenvalue weighted by Gasteiger charge is 2.15. The Morgan fingerprint density at radius 3 is 2.46 bits per heavy atom. The number of hydrogen-bond donors (Lipinski definition) is 1. The van der Waals surface area contributed by atoms with E-state index in [0.717, 1.165) is 55.2 Å². The summed E-state index contributed by atoms with van der Waals surface area (Å²) in [6.45, 7) is 14.6. The van der Waals surface area contributed by atoms with Crippen LogP contribution in [0.4, 0.5) is 0 Å². The Hall–Kier alpha value is -1.58. The number of aldehydes is 1. The van der Waals surface area contributed by atoms with Gasteiger partial charge in [-0.15, -0.1) is 0 Å². The maximum absolute atomic E-state index is 10.8. The van der Waals surface area contributed by atoms with Crippen LogP contribution >= 0.6 is 11.6 Å². The molecule has 3 nitrogen and oxygen atoms in total. The van der Waals surface area contributed by atoms with Gasteiger partial charge in [0.15, 0.2) is 6.29 Å². The number of carbonyl (C=O) groups excluding carboxylic acids is 1. The fourth-order valence-corrected chi connectivity index (χ4v) is 2.47. The number of nitrogens with zero attached hydrogens (tertiary/aromatic N) is 1. The quantitative estimate of drug-likeness (QED) is 0.623. The number of aryl methyl sites for hydroxylation is 1. The largest absolute Gasteiger partial charge is 0.341 e. The second kappa shape index (κ2) is 13.8. The van der Waals surface area contributed by atoms with Crippen molar-refractivity contribution in [2.45, 2.75) is 40.5 Å². The molecule has 134 valence electrons. The Bertz CT molecular complexity index is 526. The topological polar surface area (TPSA) is 32.3 Å². The molecule has 0 atom stereocenters. The van der Waals surface area contributed by atoms with E-state index < -0.39 is 0 Å². The van der Waals surface area contributed by atoms with E-state index in [2.05, 4.69) is 18.8 Å². The third-order valence-corrected chi connectivity index (χ3v) is 3.78. The van der Waals surface area contributed by atoms with Gasteiger partial charge in [0.25, 0.3) is 0 Å². The van der Waals surface area contributed by atoms with E-state index in [-0.39, 0.29) is 0 Å². The first-order chi connectivity index (χ1) is 11.6. The third kappa shape index (κ3) is 7.80. The number of nitrogens with one attached hydrogen (secondary N) is 1. The standard InChI is InChI=1S/C10H16N2O.C8H9Cl.C2H6/c1-3-4-10(8-13)12-6-5-11-7-9(12)2;1-2-7-5-3-4-6-8(7)9;1-2/h4,8,11H,2-3,5-7H2,1H3;3-6H,2H2,1H3;1-2H3/b10-4-;;. The highest BCUT2D eigenvalue weighted by atomic mass is 35.5. The highest BCUT2D eigenvalue weighted by molar-refractivity contribution is 6.31. The summed E-state index contributed by atoms with van der Waals surface area (Å²) >= 11 is 5.82. The molecular formula is C20H31ClN2O. The molecule has 24 heavy (non-hydrogen) atoms. The lowest BCUT2D eigenvalue weighted by Crippen LogP contribution is -2.41. The molecule has 1 aromatic rings. The van der Waals surface area contributed by atoms with Crippen molar-refractivity contribution in [2.75, 3.05) is 19.6 Å². The highest BCUT2D eigenvalue weighted by Crippen LogP contribution is 2.14. The van der Waals surface area contributed by atoms with E-state index >= 15 is 0 Å². The van der Waals surface area contributed by atoms with Crippen LogP contribution in [-0.4, -0.2) is 30.8 Å². The molecule has 1 heterocycles. The molecule has 1 saturated heterocycles. The number of benzene rings is 1. The summed E-state index contributed by atoms with van der Waals surface area (Å²) in [6.07, 6.45) is 4.73. The molecule has 4 heteroatoms. The van der Waals surface area contributed by atoms with E-state index in [1.54, 1.807) is 0 Å². The van der Waals surface area contributed by atoms with Crippen molar-refractivity contribution in [1.82, 2.24) is 10.2 Å². The minimum absolute atomic E-state index is 0.744. The van der Waals surface area contributed by atoms with Crippen molar-refractivity contribution in [3.8, 4) is 0 Å². The molecule has 0 bridgehead atoms. The first kappa shape index (κ1) is 22.4. The molecule has 0 aromatic heterocycles. The lowest BCUT2D eigenvalue weighted by molar-refractivity contribution is -0.106. The van der Waals surface area contributed by atoms with Crippen LogP contribution in [0.15, 0.2) is 48.3 Å². The monoisotopic (exact) mass is 350 g/mol. The molecule has 1 aromatic carbocycles. The van der Waals surface area contributed by atoms with Gasteiger partial charge in [-0.1, -0.05) is 70.1 Å². The van der Waals surface area contributed by atoms with Crippen LogP contribution in [0.3, 0.4) is 0 Å². The minimum Gasteiger partial charge on any atom is -0.341 e. The minimum atomic E-state index is 0.744. The fourth-order valence-electron chi connectivity index (χ4n) is 2.20. The average Bonchev–Trinajstić information content (AvgIpc) is 2.63. The zero-order valence-corrected chi connectivity index (χ0v) is 16.2. The van der Waals surface area contributed by atoms with Gasteiger partial charge in [0.05, 0.1) is 5.70 Å². The third-order valence-electron chi connectivity index (χ3n) is 3.41. The lowest BCUT2D eigenvalue weighted by Gasteiger charge is -2.31. The molecule has 0 unspecified atom stereocenters. The molecule has 0 aliphatic carbocycles. The molecule has 0 amide bonds. The molecule has 1 aliphatic heterocycles. The Morgan fingerprint density at radius 1 is 1.33 bits per heavy atom. The normalized spacial score (nSPS) is 14.1. The smallest absolute Gasteiger partial charge is 0.166 e. The van der Waals surface area contributed by atoms with Gasteiger partial charge in [-0.25, -0.2) is 0 Å². The first-order valence-corrected chi connectivity index (χ1v) is 9.06. The van der Waals surface area contributed by atoms with Crippen LogP contribution in [0.2, 0.25) is 5.02 Å². The van der Waals surface area contributed by atoms with Crippen molar-refractivity contribution in [2.24, 2.45) is 0 Å². The Balaban J connectivity index is 0.000000420. The number of carbonyl (C=O) groups is 1. The molecule has 1 aliphatic rings. The van der Waals surface area contributed by atoms with Gasteiger partial charge in [0, 0.05) is 30.4 Å². The maximum atomic E-state index is 10.8. The van der Waals surface area contributed by atoms with E-state index in [4.69, 9.17) is 11.6 Å². The van der Waals surface area contributed by atoms with Crippen LogP contribution in [0.1, 0.15) is 39.7 Å². The fraction of sp³-hybridized carbons (Fsp3) is 0.450. The van der Waals surface area contributed by atoms with Crippen molar-refractivity contribution < 1.29 is 4.79 Å². The number of piperazine rings is 1. The van der Waals surface area contributed by atoms with E-state index in [1.165, 1.54) is 5.56 Å². The lowest BCUT2D eigenvalue weighted by atomic mass is 10.2. The summed E-state index contributed by atoms with van der Waals surface area (Å²) in [5.41, 5.74) is 2.94. The zero-order valence-electron chi connectivity index (χ0n) is 15.4. The van der Waals surface area contributed by atoms with E-state index in [1.807, 2.05) is 56.0 Å². The van der Waals surface area contributed by atoms with Crippen molar-refractivity contribution >= 4 is 17.9 Å². The van der Waals surface area contributed by atoms with Gasteiger partial charge in [-0.05, 0) is 24.5 Å². The van der Waals surface area contributed by atoms with Crippen molar-refractivity contribution in [3.63, 3.8) is 0 Å².